The number of carbonyl (C=O) groups is 1. The first-order valence-electron chi connectivity index (χ1n) is 9.87. The molecule has 0 unspecified atom stereocenters. The average molecular weight is 426 g/mol. The van der Waals surface area contributed by atoms with Crippen molar-refractivity contribution in [2.24, 2.45) is 0 Å². The SMILES string of the molecule is O=C(NCC1(c2ccc(Cl)cc2)CCCC1)c1ccc(=O)n(-c2ccc(F)cc2)n1. The van der Waals surface area contributed by atoms with E-state index < -0.39 is 11.4 Å². The molecular weight excluding hydrogens is 405 g/mol. The van der Waals surface area contributed by atoms with Crippen LogP contribution in [0, 0.1) is 5.82 Å². The van der Waals surface area contributed by atoms with Crippen molar-refractivity contribution in [3.8, 4) is 5.69 Å². The van der Waals surface area contributed by atoms with Crippen LogP contribution in [0.5, 0.6) is 0 Å². The number of aromatic nitrogens is 2. The van der Waals surface area contributed by atoms with E-state index in [1.807, 2.05) is 24.3 Å². The van der Waals surface area contributed by atoms with Crippen LogP contribution in [0.2, 0.25) is 5.02 Å². The zero-order valence-corrected chi connectivity index (χ0v) is 17.0. The Hall–Kier alpha value is -2.99. The van der Waals surface area contributed by atoms with Gasteiger partial charge in [0.2, 0.25) is 0 Å². The highest BCUT2D eigenvalue weighted by molar-refractivity contribution is 6.30. The van der Waals surface area contributed by atoms with E-state index in [1.54, 1.807) is 0 Å². The molecule has 1 fully saturated rings. The van der Waals surface area contributed by atoms with Crippen molar-refractivity contribution in [2.75, 3.05) is 6.54 Å². The third kappa shape index (κ3) is 4.14. The molecule has 0 spiro atoms. The van der Waals surface area contributed by atoms with E-state index in [0.717, 1.165) is 35.9 Å². The molecule has 154 valence electrons. The highest BCUT2D eigenvalue weighted by atomic mass is 35.5. The molecule has 1 heterocycles. The fraction of sp³-hybridized carbons (Fsp3) is 0.261. The van der Waals surface area contributed by atoms with Crippen LogP contribution < -0.4 is 10.9 Å². The van der Waals surface area contributed by atoms with Gasteiger partial charge in [0.1, 0.15) is 11.5 Å². The normalized spacial score (nSPS) is 15.1. The second-order valence-electron chi connectivity index (χ2n) is 7.62. The molecule has 4 rings (SSSR count). The van der Waals surface area contributed by atoms with E-state index in [1.165, 1.54) is 36.4 Å². The molecule has 0 atom stereocenters. The fourth-order valence-corrected chi connectivity index (χ4v) is 4.19. The minimum absolute atomic E-state index is 0.128. The summed E-state index contributed by atoms with van der Waals surface area (Å²) in [5.41, 5.74) is 1.15. The molecule has 1 N–H and O–H groups in total. The Bertz CT molecular complexity index is 1100. The lowest BCUT2D eigenvalue weighted by molar-refractivity contribution is 0.0936. The standard InChI is InChI=1S/C23H21ClFN3O2/c24-17-5-3-16(4-6-17)23(13-1-2-14-23)15-26-22(30)20-11-12-21(29)28(27-20)19-9-7-18(25)8-10-19/h3-12H,1-2,13-15H2,(H,26,30). The number of hydrogen-bond acceptors (Lipinski definition) is 3. The molecule has 5 nitrogen and oxygen atoms in total. The number of amides is 1. The van der Waals surface area contributed by atoms with Gasteiger partial charge in [-0.25, -0.2) is 4.39 Å². The van der Waals surface area contributed by atoms with Gasteiger partial charge in [0.15, 0.2) is 0 Å². The molecule has 30 heavy (non-hydrogen) atoms. The maximum Gasteiger partial charge on any atom is 0.271 e. The summed E-state index contributed by atoms with van der Waals surface area (Å²) >= 11 is 6.03. The molecule has 0 aliphatic heterocycles. The predicted molar refractivity (Wildman–Crippen MR) is 114 cm³/mol. The summed E-state index contributed by atoms with van der Waals surface area (Å²) in [6.07, 6.45) is 4.17. The Morgan fingerprint density at radius 3 is 2.37 bits per heavy atom. The molecule has 1 aromatic heterocycles. The fourth-order valence-electron chi connectivity index (χ4n) is 4.06. The molecule has 1 saturated carbocycles. The van der Waals surface area contributed by atoms with Crippen molar-refractivity contribution in [3.63, 3.8) is 0 Å². The van der Waals surface area contributed by atoms with E-state index in [-0.39, 0.29) is 17.0 Å². The van der Waals surface area contributed by atoms with Crippen molar-refractivity contribution in [3.05, 3.63) is 93.1 Å². The second-order valence-corrected chi connectivity index (χ2v) is 8.06. The summed E-state index contributed by atoms with van der Waals surface area (Å²) in [7, 11) is 0. The Labute approximate surface area is 178 Å². The predicted octanol–water partition coefficient (Wildman–Crippen LogP) is 4.27. The van der Waals surface area contributed by atoms with E-state index >= 15 is 0 Å². The number of rotatable bonds is 5. The first kappa shape index (κ1) is 20.3. The number of benzene rings is 2. The van der Waals surface area contributed by atoms with Gasteiger partial charge in [-0.15, -0.1) is 0 Å². The van der Waals surface area contributed by atoms with E-state index in [9.17, 15) is 14.0 Å². The van der Waals surface area contributed by atoms with Crippen LogP contribution in [-0.4, -0.2) is 22.2 Å². The lowest BCUT2D eigenvalue weighted by atomic mass is 9.79. The van der Waals surface area contributed by atoms with Gasteiger partial charge < -0.3 is 5.32 Å². The number of carbonyl (C=O) groups excluding carboxylic acids is 1. The van der Waals surface area contributed by atoms with Crippen molar-refractivity contribution < 1.29 is 9.18 Å². The van der Waals surface area contributed by atoms with Gasteiger partial charge in [0.25, 0.3) is 11.5 Å². The van der Waals surface area contributed by atoms with Crippen LogP contribution in [0.3, 0.4) is 0 Å². The minimum atomic E-state index is -0.412. The Kier molecular flexibility index (Phi) is 5.68. The minimum Gasteiger partial charge on any atom is -0.350 e. The molecule has 1 aliphatic rings. The first-order valence-corrected chi connectivity index (χ1v) is 10.3. The van der Waals surface area contributed by atoms with Gasteiger partial charge in [-0.3, -0.25) is 9.59 Å². The third-order valence-corrected chi connectivity index (χ3v) is 5.96. The lowest BCUT2D eigenvalue weighted by Crippen LogP contribution is -2.39. The number of nitrogens with zero attached hydrogens (tertiary/aromatic N) is 2. The summed E-state index contributed by atoms with van der Waals surface area (Å²) in [4.78, 5) is 25.0. The Morgan fingerprint density at radius 2 is 1.70 bits per heavy atom. The van der Waals surface area contributed by atoms with E-state index in [2.05, 4.69) is 10.4 Å². The van der Waals surface area contributed by atoms with Crippen LogP contribution in [0.25, 0.3) is 5.69 Å². The summed E-state index contributed by atoms with van der Waals surface area (Å²) in [6.45, 7) is 0.477. The molecular formula is C23H21ClFN3O2. The number of halogens is 2. The van der Waals surface area contributed by atoms with Crippen molar-refractivity contribution in [1.82, 2.24) is 15.1 Å². The van der Waals surface area contributed by atoms with Gasteiger partial charge in [-0.05, 0) is 60.9 Å². The smallest absolute Gasteiger partial charge is 0.271 e. The zero-order chi connectivity index (χ0) is 21.1. The molecule has 0 bridgehead atoms. The summed E-state index contributed by atoms with van der Waals surface area (Å²) in [5, 5.41) is 7.85. The Morgan fingerprint density at radius 1 is 1.03 bits per heavy atom. The third-order valence-electron chi connectivity index (χ3n) is 5.71. The van der Waals surface area contributed by atoms with Gasteiger partial charge in [-0.2, -0.15) is 9.78 Å². The van der Waals surface area contributed by atoms with E-state index in [0.29, 0.717) is 17.3 Å². The zero-order valence-electron chi connectivity index (χ0n) is 16.3. The molecule has 0 saturated heterocycles. The number of hydrogen-bond donors (Lipinski definition) is 1. The maximum absolute atomic E-state index is 13.2. The summed E-state index contributed by atoms with van der Waals surface area (Å²) in [5.74, 6) is -0.768. The highest BCUT2D eigenvalue weighted by Crippen LogP contribution is 2.41. The highest BCUT2D eigenvalue weighted by Gasteiger charge is 2.36. The maximum atomic E-state index is 13.2. The van der Waals surface area contributed by atoms with E-state index in [4.69, 9.17) is 11.6 Å². The molecule has 3 aromatic rings. The van der Waals surface area contributed by atoms with Crippen molar-refractivity contribution >= 4 is 17.5 Å². The quantitative estimate of drug-likeness (QED) is 0.664. The van der Waals surface area contributed by atoms with Gasteiger partial charge in [0, 0.05) is 23.0 Å². The molecule has 1 amide bonds. The van der Waals surface area contributed by atoms with Gasteiger partial charge >= 0.3 is 0 Å². The van der Waals surface area contributed by atoms with Crippen molar-refractivity contribution in [1.29, 1.82) is 0 Å². The van der Waals surface area contributed by atoms with Crippen molar-refractivity contribution in [2.45, 2.75) is 31.1 Å². The average Bonchev–Trinajstić information content (AvgIpc) is 3.24. The second kappa shape index (κ2) is 8.40. The molecule has 2 aromatic carbocycles. The van der Waals surface area contributed by atoms with Crippen LogP contribution in [0.1, 0.15) is 41.7 Å². The van der Waals surface area contributed by atoms with Crippen LogP contribution in [0.4, 0.5) is 4.39 Å². The van der Waals surface area contributed by atoms with Crippen LogP contribution >= 0.6 is 11.6 Å². The molecule has 7 heteroatoms. The van der Waals surface area contributed by atoms with Gasteiger partial charge in [0.05, 0.1) is 5.69 Å². The topological polar surface area (TPSA) is 64.0 Å². The summed E-state index contributed by atoms with van der Waals surface area (Å²) < 4.78 is 14.3. The lowest BCUT2D eigenvalue weighted by Gasteiger charge is -2.30. The molecule has 0 radical (unpaired) electrons. The monoisotopic (exact) mass is 425 g/mol. The van der Waals surface area contributed by atoms with Crippen LogP contribution in [0.15, 0.2) is 65.5 Å². The number of nitrogens with one attached hydrogen (secondary N) is 1. The largest absolute Gasteiger partial charge is 0.350 e. The summed E-state index contributed by atoms with van der Waals surface area (Å²) in [6, 6.07) is 15.9. The van der Waals surface area contributed by atoms with Gasteiger partial charge in [-0.1, -0.05) is 36.6 Å². The Balaban J connectivity index is 1.55. The first-order chi connectivity index (χ1) is 14.5. The molecule has 1 aliphatic carbocycles. The van der Waals surface area contributed by atoms with Crippen LogP contribution in [-0.2, 0) is 5.41 Å².